The lowest BCUT2D eigenvalue weighted by atomic mass is 9.97. The fourth-order valence-corrected chi connectivity index (χ4v) is 5.09. The molecule has 1 fully saturated rings. The third-order valence-electron chi connectivity index (χ3n) is 6.36. The van der Waals surface area contributed by atoms with Gasteiger partial charge in [-0.2, -0.15) is 20.6 Å². The maximum Gasteiger partial charge on any atom is 0.231 e. The van der Waals surface area contributed by atoms with Crippen LogP contribution in [-0.2, 0) is 22.7 Å². The number of ether oxygens (including phenoxy) is 1. The highest BCUT2D eigenvalue weighted by atomic mass is 28.3. The zero-order valence-electron chi connectivity index (χ0n) is 21.1. The van der Waals surface area contributed by atoms with E-state index in [0.717, 1.165) is 6.04 Å². The normalized spacial score (nSPS) is 15.7. The van der Waals surface area contributed by atoms with Crippen molar-refractivity contribution < 1.29 is 18.7 Å². The van der Waals surface area contributed by atoms with E-state index in [9.17, 15) is 14.0 Å². The van der Waals surface area contributed by atoms with Crippen LogP contribution in [0.3, 0.4) is 0 Å². The number of hydrogen-bond donors (Lipinski definition) is 0. The number of halogens is 1. The molecule has 0 spiro atoms. The molecule has 3 heterocycles. The Kier molecular flexibility index (Phi) is 7.90. The molecule has 0 radical (unpaired) electrons. The second-order valence-corrected chi connectivity index (χ2v) is 15.9. The first-order chi connectivity index (χ1) is 17.7. The van der Waals surface area contributed by atoms with E-state index < -0.39 is 19.8 Å². The van der Waals surface area contributed by atoms with Crippen LogP contribution in [0, 0.1) is 23.1 Å². The SMILES string of the molecule is C[Si](C)(C)CCOCn1nc(N2CCC(Cc3ccc(C#N)c(F)c3)C2=O)c(C=O)c1-c1ccnnc1. The van der Waals surface area contributed by atoms with Crippen molar-refractivity contribution in [1.82, 2.24) is 20.0 Å². The fraction of sp³-hybridized carbons (Fsp3) is 0.385. The average Bonchev–Trinajstić information content (AvgIpc) is 3.41. The molecule has 4 rings (SSSR count). The van der Waals surface area contributed by atoms with Crippen molar-refractivity contribution in [3.05, 3.63) is 59.2 Å². The summed E-state index contributed by atoms with van der Waals surface area (Å²) in [5, 5.41) is 21.3. The van der Waals surface area contributed by atoms with Gasteiger partial charge < -0.3 is 4.74 Å². The van der Waals surface area contributed by atoms with Gasteiger partial charge in [0.25, 0.3) is 0 Å². The van der Waals surface area contributed by atoms with Gasteiger partial charge in [-0.25, -0.2) is 9.07 Å². The molecule has 0 N–H and O–H groups in total. The van der Waals surface area contributed by atoms with Crippen LogP contribution in [0.5, 0.6) is 0 Å². The number of nitrogens with zero attached hydrogens (tertiary/aromatic N) is 6. The molecule has 3 aromatic rings. The number of rotatable bonds is 10. The van der Waals surface area contributed by atoms with Gasteiger partial charge in [0.05, 0.1) is 29.2 Å². The molecule has 9 nitrogen and oxygen atoms in total. The zero-order valence-corrected chi connectivity index (χ0v) is 22.1. The van der Waals surface area contributed by atoms with Gasteiger partial charge in [-0.15, -0.1) is 0 Å². The van der Waals surface area contributed by atoms with Gasteiger partial charge in [0.1, 0.15) is 18.6 Å². The Bertz CT molecular complexity index is 1330. The van der Waals surface area contributed by atoms with Gasteiger partial charge in [-0.3, -0.25) is 14.5 Å². The van der Waals surface area contributed by atoms with Crippen molar-refractivity contribution in [3.63, 3.8) is 0 Å². The molecule has 1 amide bonds. The topological polar surface area (TPSA) is 114 Å². The first-order valence-electron chi connectivity index (χ1n) is 12.1. The molecule has 1 saturated heterocycles. The van der Waals surface area contributed by atoms with E-state index in [4.69, 9.17) is 10.00 Å². The van der Waals surface area contributed by atoms with Crippen molar-refractivity contribution in [1.29, 1.82) is 5.26 Å². The van der Waals surface area contributed by atoms with Crippen LogP contribution < -0.4 is 4.90 Å². The largest absolute Gasteiger partial charge is 0.360 e. The highest BCUT2D eigenvalue weighted by molar-refractivity contribution is 6.76. The second-order valence-electron chi connectivity index (χ2n) is 10.3. The van der Waals surface area contributed by atoms with Gasteiger partial charge >= 0.3 is 0 Å². The summed E-state index contributed by atoms with van der Waals surface area (Å²) in [6.07, 6.45) is 4.63. The van der Waals surface area contributed by atoms with Crippen LogP contribution in [0.4, 0.5) is 10.2 Å². The average molecular weight is 521 g/mol. The third-order valence-corrected chi connectivity index (χ3v) is 8.07. The maximum absolute atomic E-state index is 14.1. The van der Waals surface area contributed by atoms with Crippen molar-refractivity contribution in [2.45, 2.75) is 45.3 Å². The maximum atomic E-state index is 14.1. The minimum Gasteiger partial charge on any atom is -0.360 e. The smallest absolute Gasteiger partial charge is 0.231 e. The van der Waals surface area contributed by atoms with Crippen molar-refractivity contribution in [2.24, 2.45) is 5.92 Å². The summed E-state index contributed by atoms with van der Waals surface area (Å²) in [5.74, 6) is -0.907. The van der Waals surface area contributed by atoms with Gasteiger partial charge in [0.15, 0.2) is 12.1 Å². The lowest BCUT2D eigenvalue weighted by Crippen LogP contribution is -2.29. The van der Waals surface area contributed by atoms with Crippen LogP contribution in [-0.4, -0.2) is 53.4 Å². The molecule has 1 aliphatic heterocycles. The summed E-state index contributed by atoms with van der Waals surface area (Å²) in [6, 6.07) is 8.90. The number of nitriles is 1. The highest BCUT2D eigenvalue weighted by Crippen LogP contribution is 2.34. The van der Waals surface area contributed by atoms with E-state index in [1.807, 2.05) is 0 Å². The monoisotopic (exact) mass is 520 g/mol. The number of carbonyl (C=O) groups is 2. The van der Waals surface area contributed by atoms with Crippen LogP contribution in [0.25, 0.3) is 11.3 Å². The van der Waals surface area contributed by atoms with E-state index in [0.29, 0.717) is 49.1 Å². The van der Waals surface area contributed by atoms with E-state index in [1.165, 1.54) is 23.2 Å². The summed E-state index contributed by atoms with van der Waals surface area (Å²) in [6.45, 7) is 7.87. The number of carbonyl (C=O) groups excluding carboxylic acids is 2. The first-order valence-corrected chi connectivity index (χ1v) is 15.8. The van der Waals surface area contributed by atoms with Gasteiger partial charge in [-0.1, -0.05) is 25.7 Å². The first kappa shape index (κ1) is 26.3. The predicted octanol–water partition coefficient (Wildman–Crippen LogP) is 4.07. The van der Waals surface area contributed by atoms with Crippen molar-refractivity contribution in [3.8, 4) is 17.3 Å². The minimum absolute atomic E-state index is 0.0329. The number of anilines is 1. The zero-order chi connectivity index (χ0) is 26.6. The van der Waals surface area contributed by atoms with Gasteiger partial charge in [0, 0.05) is 32.7 Å². The summed E-state index contributed by atoms with van der Waals surface area (Å²) in [4.78, 5) is 27.2. The molecule has 0 bridgehead atoms. The summed E-state index contributed by atoms with van der Waals surface area (Å²) in [5.41, 5.74) is 2.03. The molecule has 11 heteroatoms. The Morgan fingerprint density at radius 3 is 2.73 bits per heavy atom. The summed E-state index contributed by atoms with van der Waals surface area (Å²) < 4.78 is 21.6. The molecule has 1 aliphatic rings. The molecule has 1 aromatic carbocycles. The van der Waals surface area contributed by atoms with Gasteiger partial charge in [0.2, 0.25) is 5.91 Å². The van der Waals surface area contributed by atoms with E-state index >= 15 is 0 Å². The molecule has 1 unspecified atom stereocenters. The summed E-state index contributed by atoms with van der Waals surface area (Å²) in [7, 11) is -1.29. The van der Waals surface area contributed by atoms with Crippen molar-refractivity contribution in [2.75, 3.05) is 18.1 Å². The van der Waals surface area contributed by atoms with Crippen LogP contribution in [0.15, 0.2) is 36.7 Å². The van der Waals surface area contributed by atoms with Gasteiger partial charge in [-0.05, 0) is 42.6 Å². The Balaban J connectivity index is 1.60. The minimum atomic E-state index is -1.29. The number of benzene rings is 1. The van der Waals surface area contributed by atoms with Crippen molar-refractivity contribution >= 4 is 26.1 Å². The molecular formula is C26H29FN6O3Si. The Morgan fingerprint density at radius 2 is 2.08 bits per heavy atom. The number of aldehydes is 1. The number of aromatic nitrogens is 4. The third kappa shape index (κ3) is 5.98. The Labute approximate surface area is 215 Å². The van der Waals surface area contributed by atoms with Crippen LogP contribution >= 0.6 is 0 Å². The predicted molar refractivity (Wildman–Crippen MR) is 138 cm³/mol. The highest BCUT2D eigenvalue weighted by Gasteiger charge is 2.36. The molecule has 0 aliphatic carbocycles. The van der Waals surface area contributed by atoms with E-state index in [-0.39, 0.29) is 29.6 Å². The number of hydrogen-bond acceptors (Lipinski definition) is 7. The standard InChI is InChI=1S/C26H29FN6O3Si/c1-37(2,3)11-10-36-17-33-24(21-6-8-29-30-15-21)22(16-34)25(31-33)32-9-7-19(26(32)35)12-18-4-5-20(14-28)23(27)13-18/h4-6,8,13,15-16,19H,7,9-12,17H2,1-3H3. The van der Waals surface area contributed by atoms with E-state index in [1.54, 1.807) is 29.1 Å². The molecule has 2 aromatic heterocycles. The molecule has 1 atom stereocenters. The lowest BCUT2D eigenvalue weighted by Gasteiger charge is -2.16. The quantitative estimate of drug-likeness (QED) is 0.225. The fourth-order valence-electron chi connectivity index (χ4n) is 4.33. The summed E-state index contributed by atoms with van der Waals surface area (Å²) >= 11 is 0. The Morgan fingerprint density at radius 1 is 1.27 bits per heavy atom. The number of amides is 1. The van der Waals surface area contributed by atoms with E-state index in [2.05, 4.69) is 34.9 Å². The second kappa shape index (κ2) is 11.1. The van der Waals surface area contributed by atoms with Crippen LogP contribution in [0.1, 0.15) is 27.9 Å². The molecule has 192 valence electrons. The lowest BCUT2D eigenvalue weighted by molar-refractivity contribution is -0.120. The molecule has 37 heavy (non-hydrogen) atoms. The Hall–Kier alpha value is -3.75. The van der Waals surface area contributed by atoms with Crippen LogP contribution in [0.2, 0.25) is 25.7 Å². The molecular weight excluding hydrogens is 491 g/mol. The molecule has 0 saturated carbocycles.